The first kappa shape index (κ1) is 19.5. The van der Waals surface area contributed by atoms with Crippen molar-refractivity contribution in [3.05, 3.63) is 29.8 Å². The Kier molecular flexibility index (Phi) is 6.50. The highest BCUT2D eigenvalue weighted by Gasteiger charge is 2.45. The zero-order chi connectivity index (χ0) is 17.1. The number of hydrogen-bond donors (Lipinski definition) is 2. The predicted molar refractivity (Wildman–Crippen MR) is 91.8 cm³/mol. The van der Waals surface area contributed by atoms with Gasteiger partial charge in [0.25, 0.3) is 0 Å². The van der Waals surface area contributed by atoms with Gasteiger partial charge in [-0.25, -0.2) is 8.42 Å². The predicted octanol–water partition coefficient (Wildman–Crippen LogP) is 2.62. The van der Waals surface area contributed by atoms with Crippen molar-refractivity contribution in [3.8, 4) is 0 Å². The molecule has 0 saturated carbocycles. The van der Waals surface area contributed by atoms with E-state index < -0.39 is 32.0 Å². The van der Waals surface area contributed by atoms with Gasteiger partial charge in [0, 0.05) is 5.92 Å². The van der Waals surface area contributed by atoms with E-state index in [1.807, 2.05) is 6.92 Å². The van der Waals surface area contributed by atoms with Crippen molar-refractivity contribution < 1.29 is 18.6 Å². The number of sulfone groups is 1. The summed E-state index contributed by atoms with van der Waals surface area (Å²) in [5.41, 5.74) is -0.326. The van der Waals surface area contributed by atoms with E-state index in [1.54, 1.807) is 51.3 Å². The zero-order valence-corrected chi connectivity index (χ0v) is 15.4. The molecule has 1 rings (SSSR count). The SMILES string of the molecule is CC[C@@H](O)[C@@H](C(SC)S(=O)(=O)c1ccc(C)cc1)C(C)(C)O. The van der Waals surface area contributed by atoms with Crippen LogP contribution in [0.3, 0.4) is 0 Å². The van der Waals surface area contributed by atoms with Gasteiger partial charge in [0.05, 0.1) is 16.6 Å². The number of thioether (sulfide) groups is 1. The van der Waals surface area contributed by atoms with Gasteiger partial charge < -0.3 is 10.2 Å². The number of aryl methyl sites for hydroxylation is 1. The molecule has 1 unspecified atom stereocenters. The van der Waals surface area contributed by atoms with Crippen molar-refractivity contribution in [1.29, 1.82) is 0 Å². The molecule has 6 heteroatoms. The summed E-state index contributed by atoms with van der Waals surface area (Å²) >= 11 is 1.15. The van der Waals surface area contributed by atoms with Gasteiger partial charge in [-0.2, -0.15) is 0 Å². The Morgan fingerprint density at radius 3 is 2.09 bits per heavy atom. The molecule has 0 aliphatic heterocycles. The first-order valence-corrected chi connectivity index (χ1v) is 10.1. The molecule has 0 bridgehead atoms. The molecule has 0 aliphatic carbocycles. The molecular formula is C16H26O4S2. The van der Waals surface area contributed by atoms with Crippen molar-refractivity contribution in [2.45, 2.75) is 55.3 Å². The highest BCUT2D eigenvalue weighted by Crippen LogP contribution is 2.37. The maximum absolute atomic E-state index is 12.9. The van der Waals surface area contributed by atoms with E-state index in [2.05, 4.69) is 0 Å². The zero-order valence-electron chi connectivity index (χ0n) is 13.8. The average Bonchev–Trinajstić information content (AvgIpc) is 2.42. The Hall–Kier alpha value is -0.560. The van der Waals surface area contributed by atoms with Gasteiger partial charge in [0.1, 0.15) is 4.58 Å². The van der Waals surface area contributed by atoms with Crippen molar-refractivity contribution >= 4 is 21.6 Å². The fourth-order valence-electron chi connectivity index (χ4n) is 2.57. The molecule has 3 atom stereocenters. The normalized spacial score (nSPS) is 17.0. The Labute approximate surface area is 137 Å². The summed E-state index contributed by atoms with van der Waals surface area (Å²) in [6.07, 6.45) is 1.19. The van der Waals surface area contributed by atoms with E-state index in [0.29, 0.717) is 6.42 Å². The van der Waals surface area contributed by atoms with Crippen LogP contribution >= 0.6 is 11.8 Å². The van der Waals surface area contributed by atoms with E-state index in [1.165, 1.54) is 0 Å². The second-order valence-electron chi connectivity index (χ2n) is 6.12. The van der Waals surface area contributed by atoms with E-state index in [4.69, 9.17) is 0 Å². The lowest BCUT2D eigenvalue weighted by Gasteiger charge is -2.37. The smallest absolute Gasteiger partial charge is 0.190 e. The van der Waals surface area contributed by atoms with Crippen LogP contribution < -0.4 is 0 Å². The van der Waals surface area contributed by atoms with Crippen molar-refractivity contribution in [2.24, 2.45) is 5.92 Å². The molecule has 0 spiro atoms. The third kappa shape index (κ3) is 4.25. The summed E-state index contributed by atoms with van der Waals surface area (Å²) in [6, 6.07) is 6.65. The fourth-order valence-corrected chi connectivity index (χ4v) is 6.41. The van der Waals surface area contributed by atoms with Crippen LogP contribution in [0.5, 0.6) is 0 Å². The summed E-state index contributed by atoms with van der Waals surface area (Å²) in [5, 5.41) is 20.7. The second kappa shape index (κ2) is 7.34. The maximum Gasteiger partial charge on any atom is 0.190 e. The van der Waals surface area contributed by atoms with Gasteiger partial charge in [-0.15, -0.1) is 11.8 Å². The van der Waals surface area contributed by atoms with E-state index in [-0.39, 0.29) is 4.90 Å². The molecule has 1 aromatic carbocycles. The second-order valence-corrected chi connectivity index (χ2v) is 9.46. The van der Waals surface area contributed by atoms with E-state index in [9.17, 15) is 18.6 Å². The van der Waals surface area contributed by atoms with Crippen LogP contribution in [-0.2, 0) is 9.84 Å². The summed E-state index contributed by atoms with van der Waals surface area (Å²) in [4.78, 5) is 0.218. The molecule has 0 aromatic heterocycles. The van der Waals surface area contributed by atoms with Gasteiger partial charge >= 0.3 is 0 Å². The summed E-state index contributed by atoms with van der Waals surface area (Å²) in [5.74, 6) is -0.779. The van der Waals surface area contributed by atoms with E-state index >= 15 is 0 Å². The standard InChI is InChI=1S/C16H26O4S2/c1-6-13(17)14(16(3,4)18)15(21-5)22(19,20)12-9-7-11(2)8-10-12/h7-10,13-15,17-18H,6H2,1-5H3/t13-,14+,15?/m1/s1. The first-order valence-electron chi connectivity index (χ1n) is 7.29. The molecular weight excluding hydrogens is 320 g/mol. The van der Waals surface area contributed by atoms with E-state index in [0.717, 1.165) is 17.3 Å². The Bertz CT molecular complexity index is 573. The summed E-state index contributed by atoms with van der Waals surface area (Å²) in [6.45, 7) is 6.76. The monoisotopic (exact) mass is 346 g/mol. The van der Waals surface area contributed by atoms with Crippen LogP contribution in [0.4, 0.5) is 0 Å². The summed E-state index contributed by atoms with van der Waals surface area (Å²) < 4.78 is 25.0. The Morgan fingerprint density at radius 2 is 1.73 bits per heavy atom. The van der Waals surface area contributed by atoms with Gasteiger partial charge in [-0.1, -0.05) is 24.6 Å². The molecule has 126 valence electrons. The number of benzene rings is 1. The molecule has 2 N–H and O–H groups in total. The molecule has 1 aromatic rings. The van der Waals surface area contributed by atoms with Crippen LogP contribution in [0.15, 0.2) is 29.2 Å². The number of hydrogen-bond acceptors (Lipinski definition) is 5. The lowest BCUT2D eigenvalue weighted by atomic mass is 9.86. The minimum absolute atomic E-state index is 0.218. The third-order valence-corrected chi connectivity index (χ3v) is 7.76. The summed E-state index contributed by atoms with van der Waals surface area (Å²) in [7, 11) is -3.66. The number of aliphatic hydroxyl groups is 2. The number of aliphatic hydroxyl groups excluding tert-OH is 1. The third-order valence-electron chi connectivity index (χ3n) is 3.83. The topological polar surface area (TPSA) is 74.6 Å². The van der Waals surface area contributed by atoms with Gasteiger partial charge in [0.2, 0.25) is 0 Å². The lowest BCUT2D eigenvalue weighted by Crippen LogP contribution is -2.48. The Balaban J connectivity index is 3.35. The quantitative estimate of drug-likeness (QED) is 0.794. The van der Waals surface area contributed by atoms with Crippen LogP contribution in [0.1, 0.15) is 32.8 Å². The van der Waals surface area contributed by atoms with Crippen molar-refractivity contribution in [1.82, 2.24) is 0 Å². The van der Waals surface area contributed by atoms with Crippen LogP contribution in [0.2, 0.25) is 0 Å². The van der Waals surface area contributed by atoms with Crippen molar-refractivity contribution in [3.63, 3.8) is 0 Å². The average molecular weight is 347 g/mol. The van der Waals surface area contributed by atoms with Crippen molar-refractivity contribution in [2.75, 3.05) is 6.26 Å². The maximum atomic E-state index is 12.9. The molecule has 0 aliphatic rings. The minimum Gasteiger partial charge on any atom is -0.393 e. The fraction of sp³-hybridized carbons (Fsp3) is 0.625. The molecule has 0 saturated heterocycles. The van der Waals surface area contributed by atoms with Gasteiger partial charge in [-0.05, 0) is 45.6 Å². The highest BCUT2D eigenvalue weighted by molar-refractivity contribution is 8.13. The van der Waals surface area contributed by atoms with Gasteiger partial charge in [0.15, 0.2) is 9.84 Å². The Morgan fingerprint density at radius 1 is 1.23 bits per heavy atom. The lowest BCUT2D eigenvalue weighted by molar-refractivity contribution is -0.0405. The largest absolute Gasteiger partial charge is 0.393 e. The molecule has 0 fully saturated rings. The minimum atomic E-state index is -3.66. The van der Waals surface area contributed by atoms with Crippen LogP contribution in [-0.4, -0.2) is 41.2 Å². The molecule has 0 amide bonds. The molecule has 0 radical (unpaired) electrons. The molecule has 4 nitrogen and oxygen atoms in total. The first-order chi connectivity index (χ1) is 10.1. The number of rotatable bonds is 7. The van der Waals surface area contributed by atoms with Gasteiger partial charge in [-0.3, -0.25) is 0 Å². The van der Waals surface area contributed by atoms with Crippen LogP contribution in [0, 0.1) is 12.8 Å². The van der Waals surface area contributed by atoms with Crippen LogP contribution in [0.25, 0.3) is 0 Å². The molecule has 22 heavy (non-hydrogen) atoms. The highest BCUT2D eigenvalue weighted by atomic mass is 32.3. The molecule has 0 heterocycles.